The maximum absolute atomic E-state index is 11.1. The fourth-order valence-corrected chi connectivity index (χ4v) is 3.41. The Balaban J connectivity index is 2.03. The molecule has 2 aromatic carbocycles. The van der Waals surface area contributed by atoms with Crippen molar-refractivity contribution in [2.45, 2.75) is 16.7 Å². The quantitative estimate of drug-likeness (QED) is 0.853. The average Bonchev–Trinajstić information content (AvgIpc) is 2.38. The fraction of sp³-hybridized carbons (Fsp3) is 0.133. The Morgan fingerprint density at radius 2 is 1.84 bits per heavy atom. The van der Waals surface area contributed by atoms with Crippen molar-refractivity contribution in [3.8, 4) is 0 Å². The van der Waals surface area contributed by atoms with E-state index in [1.54, 1.807) is 11.8 Å². The van der Waals surface area contributed by atoms with Crippen molar-refractivity contribution < 1.29 is 4.79 Å². The molecule has 96 valence electrons. The van der Waals surface area contributed by atoms with Crippen molar-refractivity contribution in [3.05, 3.63) is 42.5 Å². The van der Waals surface area contributed by atoms with Crippen LogP contribution >= 0.6 is 11.8 Å². The lowest BCUT2D eigenvalue weighted by Gasteiger charge is -2.29. The molecule has 0 unspecified atom stereocenters. The molecular weight excluding hydrogens is 256 g/mol. The monoisotopic (exact) mass is 270 g/mol. The van der Waals surface area contributed by atoms with Gasteiger partial charge in [-0.2, -0.15) is 0 Å². The van der Waals surface area contributed by atoms with E-state index in [0.717, 1.165) is 16.3 Å². The lowest BCUT2D eigenvalue weighted by Crippen LogP contribution is -2.15. The summed E-state index contributed by atoms with van der Waals surface area (Å²) in [5.41, 5.74) is 3.22. The molecule has 4 heteroatoms. The van der Waals surface area contributed by atoms with Gasteiger partial charge in [-0.25, -0.2) is 0 Å². The van der Waals surface area contributed by atoms with E-state index in [-0.39, 0.29) is 5.91 Å². The summed E-state index contributed by atoms with van der Waals surface area (Å²) < 4.78 is 0. The number of benzene rings is 2. The highest BCUT2D eigenvalue weighted by Gasteiger charge is 2.20. The zero-order valence-corrected chi connectivity index (χ0v) is 11.6. The molecule has 0 spiro atoms. The van der Waals surface area contributed by atoms with Crippen molar-refractivity contribution in [2.24, 2.45) is 0 Å². The van der Waals surface area contributed by atoms with E-state index in [2.05, 4.69) is 29.4 Å². The molecule has 1 amide bonds. The van der Waals surface area contributed by atoms with Crippen LogP contribution in [0.5, 0.6) is 0 Å². The predicted octanol–water partition coefficient (Wildman–Crippen LogP) is 3.88. The van der Waals surface area contributed by atoms with Crippen LogP contribution in [-0.4, -0.2) is 13.0 Å². The van der Waals surface area contributed by atoms with Gasteiger partial charge in [0.1, 0.15) is 0 Å². The molecule has 1 N–H and O–H groups in total. The van der Waals surface area contributed by atoms with Crippen molar-refractivity contribution in [1.29, 1.82) is 0 Å². The molecule has 0 atom stereocenters. The van der Waals surface area contributed by atoms with Crippen LogP contribution in [0.3, 0.4) is 0 Å². The molecule has 3 nitrogen and oxygen atoms in total. The number of fused-ring (bicyclic) bond motifs is 2. The number of anilines is 3. The van der Waals surface area contributed by atoms with E-state index in [0.29, 0.717) is 0 Å². The molecule has 1 heterocycles. The number of hydrogen-bond donors (Lipinski definition) is 1. The highest BCUT2D eigenvalue weighted by molar-refractivity contribution is 7.99. The lowest BCUT2D eigenvalue weighted by atomic mass is 10.2. The number of carbonyl (C=O) groups is 1. The number of rotatable bonds is 1. The molecule has 2 aromatic rings. The van der Waals surface area contributed by atoms with Crippen LogP contribution in [0.2, 0.25) is 0 Å². The normalized spacial score (nSPS) is 12.6. The van der Waals surface area contributed by atoms with Gasteiger partial charge in [0.2, 0.25) is 5.91 Å². The third kappa shape index (κ3) is 2.19. The van der Waals surface area contributed by atoms with Gasteiger partial charge < -0.3 is 10.2 Å². The van der Waals surface area contributed by atoms with Gasteiger partial charge in [-0.1, -0.05) is 23.9 Å². The maximum atomic E-state index is 11.1. The Labute approximate surface area is 116 Å². The average molecular weight is 270 g/mol. The first-order valence-electron chi connectivity index (χ1n) is 6.07. The van der Waals surface area contributed by atoms with Gasteiger partial charge in [-0.05, 0) is 30.3 Å². The Bertz CT molecular complexity index is 654. The molecule has 19 heavy (non-hydrogen) atoms. The van der Waals surface area contributed by atoms with Crippen molar-refractivity contribution >= 4 is 34.7 Å². The summed E-state index contributed by atoms with van der Waals surface area (Å²) >= 11 is 1.73. The standard InChI is InChI=1S/C15H14N2OS/c1-10(18)16-11-7-8-13-15(9-11)19-14-6-4-3-5-12(14)17(13)2/h3-9H,1-2H3,(H,16,18). The number of amides is 1. The smallest absolute Gasteiger partial charge is 0.221 e. The third-order valence-electron chi connectivity index (χ3n) is 3.09. The second-order valence-electron chi connectivity index (χ2n) is 4.49. The Morgan fingerprint density at radius 3 is 2.63 bits per heavy atom. The molecule has 1 aliphatic rings. The first-order chi connectivity index (χ1) is 9.15. The van der Waals surface area contributed by atoms with Gasteiger partial charge in [-0.3, -0.25) is 4.79 Å². The molecule has 0 fully saturated rings. The maximum Gasteiger partial charge on any atom is 0.221 e. The molecule has 0 saturated heterocycles. The number of carbonyl (C=O) groups excluding carboxylic acids is 1. The summed E-state index contributed by atoms with van der Waals surface area (Å²) in [7, 11) is 2.06. The molecule has 0 aromatic heterocycles. The fourth-order valence-electron chi connectivity index (χ4n) is 2.22. The van der Waals surface area contributed by atoms with Gasteiger partial charge in [-0.15, -0.1) is 0 Å². The van der Waals surface area contributed by atoms with Crippen LogP contribution in [0.15, 0.2) is 52.3 Å². The SMILES string of the molecule is CC(=O)Nc1ccc2c(c1)Sc1ccccc1N2C. The highest BCUT2D eigenvalue weighted by Crippen LogP contribution is 2.47. The second kappa shape index (κ2) is 4.63. The third-order valence-corrected chi connectivity index (χ3v) is 4.20. The number of nitrogens with zero attached hydrogens (tertiary/aromatic N) is 1. The minimum absolute atomic E-state index is 0.0467. The molecular formula is C15H14N2OS. The van der Waals surface area contributed by atoms with Gasteiger partial charge in [0.05, 0.1) is 11.4 Å². The molecule has 3 rings (SSSR count). The summed E-state index contributed by atoms with van der Waals surface area (Å²) in [5.74, 6) is -0.0467. The minimum atomic E-state index is -0.0467. The zero-order valence-electron chi connectivity index (χ0n) is 10.8. The zero-order chi connectivity index (χ0) is 13.4. The van der Waals surface area contributed by atoms with Crippen LogP contribution in [0.1, 0.15) is 6.92 Å². The summed E-state index contributed by atoms with van der Waals surface area (Å²) in [6.07, 6.45) is 0. The van der Waals surface area contributed by atoms with Crippen LogP contribution < -0.4 is 10.2 Å². The van der Waals surface area contributed by atoms with E-state index in [1.165, 1.54) is 17.5 Å². The van der Waals surface area contributed by atoms with E-state index in [1.807, 2.05) is 30.3 Å². The van der Waals surface area contributed by atoms with Crippen molar-refractivity contribution in [2.75, 3.05) is 17.3 Å². The van der Waals surface area contributed by atoms with E-state index in [4.69, 9.17) is 0 Å². The highest BCUT2D eigenvalue weighted by atomic mass is 32.2. The summed E-state index contributed by atoms with van der Waals surface area (Å²) in [5, 5.41) is 2.82. The van der Waals surface area contributed by atoms with Crippen LogP contribution in [-0.2, 0) is 4.79 Å². The summed E-state index contributed by atoms with van der Waals surface area (Å²) in [6.45, 7) is 1.52. The Kier molecular flexibility index (Phi) is 2.95. The van der Waals surface area contributed by atoms with Gasteiger partial charge in [0.25, 0.3) is 0 Å². The van der Waals surface area contributed by atoms with Crippen LogP contribution in [0.4, 0.5) is 17.1 Å². The molecule has 1 aliphatic heterocycles. The van der Waals surface area contributed by atoms with E-state index < -0.39 is 0 Å². The Hall–Kier alpha value is -1.94. The van der Waals surface area contributed by atoms with E-state index in [9.17, 15) is 4.79 Å². The molecule has 0 saturated carbocycles. The van der Waals surface area contributed by atoms with Crippen molar-refractivity contribution in [3.63, 3.8) is 0 Å². The number of hydrogen-bond acceptors (Lipinski definition) is 3. The molecule has 0 bridgehead atoms. The summed E-state index contributed by atoms with van der Waals surface area (Å²) in [6, 6.07) is 14.3. The first-order valence-corrected chi connectivity index (χ1v) is 6.89. The van der Waals surface area contributed by atoms with Crippen LogP contribution in [0.25, 0.3) is 0 Å². The molecule has 0 aliphatic carbocycles. The first kappa shape index (κ1) is 12.1. The van der Waals surface area contributed by atoms with Crippen molar-refractivity contribution in [1.82, 2.24) is 0 Å². The second-order valence-corrected chi connectivity index (χ2v) is 5.58. The number of nitrogens with one attached hydrogen (secondary N) is 1. The van der Waals surface area contributed by atoms with Gasteiger partial charge in [0.15, 0.2) is 0 Å². The van der Waals surface area contributed by atoms with Crippen LogP contribution in [0, 0.1) is 0 Å². The molecule has 0 radical (unpaired) electrons. The van der Waals surface area contributed by atoms with Gasteiger partial charge >= 0.3 is 0 Å². The van der Waals surface area contributed by atoms with E-state index >= 15 is 0 Å². The summed E-state index contributed by atoms with van der Waals surface area (Å²) in [4.78, 5) is 15.7. The minimum Gasteiger partial charge on any atom is -0.343 e. The largest absolute Gasteiger partial charge is 0.343 e. The predicted molar refractivity (Wildman–Crippen MR) is 79.4 cm³/mol. The topological polar surface area (TPSA) is 32.3 Å². The number of para-hydroxylation sites is 1. The van der Waals surface area contributed by atoms with Gasteiger partial charge in [0, 0.05) is 29.4 Å². The lowest BCUT2D eigenvalue weighted by molar-refractivity contribution is -0.114. The Morgan fingerprint density at radius 1 is 1.11 bits per heavy atom.